The standard InChI is InChI=1S/C21H31NO4/c1-12(23)26-14-6-8-20(2)13(10-14)4-5-15-16(20)7-9-21(3)17(15)11-18(24)22-19(21)25/h13-17H,4-11H2,1-3H3,(H,22,24,25)/t13-,14+,15-,16+,17-,20-,21-/m0/s1. The van der Waals surface area contributed by atoms with Crippen molar-refractivity contribution in [3.8, 4) is 0 Å². The van der Waals surface area contributed by atoms with Crippen LogP contribution in [0.25, 0.3) is 0 Å². The van der Waals surface area contributed by atoms with Crippen molar-refractivity contribution >= 4 is 17.8 Å². The van der Waals surface area contributed by atoms with Crippen LogP contribution in [0.3, 0.4) is 0 Å². The van der Waals surface area contributed by atoms with E-state index in [4.69, 9.17) is 4.74 Å². The molecule has 0 radical (unpaired) electrons. The van der Waals surface area contributed by atoms with E-state index in [1.165, 1.54) is 6.92 Å². The summed E-state index contributed by atoms with van der Waals surface area (Å²) in [6.45, 7) is 5.99. The molecule has 1 aliphatic heterocycles. The first-order chi connectivity index (χ1) is 12.2. The number of imide groups is 1. The van der Waals surface area contributed by atoms with Crippen LogP contribution in [0.2, 0.25) is 0 Å². The molecule has 4 aliphatic rings. The van der Waals surface area contributed by atoms with Crippen LogP contribution in [0.4, 0.5) is 0 Å². The van der Waals surface area contributed by atoms with E-state index in [0.717, 1.165) is 44.9 Å². The third-order valence-electron chi connectivity index (χ3n) is 8.52. The van der Waals surface area contributed by atoms with E-state index in [-0.39, 0.29) is 40.6 Å². The Bertz CT molecular complexity index is 646. The molecule has 2 amide bonds. The first-order valence-electron chi connectivity index (χ1n) is 10.3. The Morgan fingerprint density at radius 1 is 1.08 bits per heavy atom. The van der Waals surface area contributed by atoms with Gasteiger partial charge in [-0.3, -0.25) is 19.7 Å². The quantitative estimate of drug-likeness (QED) is 0.575. The van der Waals surface area contributed by atoms with Gasteiger partial charge < -0.3 is 4.74 Å². The largest absolute Gasteiger partial charge is 0.463 e. The number of esters is 1. The zero-order valence-corrected chi connectivity index (χ0v) is 16.2. The van der Waals surface area contributed by atoms with Crippen molar-refractivity contribution in [2.75, 3.05) is 0 Å². The fraction of sp³-hybridized carbons (Fsp3) is 0.857. The highest BCUT2D eigenvalue weighted by atomic mass is 16.5. The van der Waals surface area contributed by atoms with Crippen LogP contribution in [0.1, 0.15) is 72.1 Å². The number of piperidine rings is 1. The van der Waals surface area contributed by atoms with Gasteiger partial charge in [-0.05, 0) is 74.0 Å². The van der Waals surface area contributed by atoms with Crippen LogP contribution >= 0.6 is 0 Å². The molecule has 0 aromatic carbocycles. The maximum Gasteiger partial charge on any atom is 0.302 e. The highest BCUT2D eigenvalue weighted by molar-refractivity contribution is 6.01. The molecule has 0 unspecified atom stereocenters. The summed E-state index contributed by atoms with van der Waals surface area (Å²) in [4.78, 5) is 36.0. The third kappa shape index (κ3) is 2.61. The third-order valence-corrected chi connectivity index (χ3v) is 8.52. The smallest absolute Gasteiger partial charge is 0.302 e. The van der Waals surface area contributed by atoms with E-state index in [1.807, 2.05) is 0 Å². The molecule has 3 saturated carbocycles. The van der Waals surface area contributed by atoms with Crippen LogP contribution in [0.15, 0.2) is 0 Å². The van der Waals surface area contributed by atoms with Crippen molar-refractivity contribution < 1.29 is 19.1 Å². The van der Waals surface area contributed by atoms with Gasteiger partial charge in [0.25, 0.3) is 0 Å². The molecule has 26 heavy (non-hydrogen) atoms. The van der Waals surface area contributed by atoms with Crippen LogP contribution in [-0.2, 0) is 19.1 Å². The molecule has 1 heterocycles. The van der Waals surface area contributed by atoms with Crippen LogP contribution in [-0.4, -0.2) is 23.9 Å². The Labute approximate surface area is 155 Å². The number of amides is 2. The van der Waals surface area contributed by atoms with Crippen molar-refractivity contribution in [2.45, 2.75) is 78.2 Å². The molecule has 1 N–H and O–H groups in total. The number of carbonyl (C=O) groups excluding carboxylic acids is 3. The monoisotopic (exact) mass is 361 g/mol. The normalized spacial score (nSPS) is 47.9. The summed E-state index contributed by atoms with van der Waals surface area (Å²) in [5.41, 5.74) is -0.134. The van der Waals surface area contributed by atoms with Crippen molar-refractivity contribution in [1.29, 1.82) is 0 Å². The van der Waals surface area contributed by atoms with Gasteiger partial charge in [0, 0.05) is 13.3 Å². The molecular weight excluding hydrogens is 330 g/mol. The summed E-state index contributed by atoms with van der Waals surface area (Å²) in [5.74, 6) is 1.50. The van der Waals surface area contributed by atoms with Crippen molar-refractivity contribution in [1.82, 2.24) is 5.32 Å². The molecule has 4 rings (SSSR count). The maximum absolute atomic E-state index is 12.6. The maximum atomic E-state index is 12.6. The van der Waals surface area contributed by atoms with Crippen molar-refractivity contribution in [2.24, 2.45) is 34.5 Å². The second-order valence-electron chi connectivity index (χ2n) is 9.70. The summed E-state index contributed by atoms with van der Waals surface area (Å²) < 4.78 is 5.51. The Kier molecular flexibility index (Phi) is 4.20. The van der Waals surface area contributed by atoms with E-state index in [0.29, 0.717) is 24.2 Å². The highest BCUT2D eigenvalue weighted by Crippen LogP contribution is 2.64. The lowest BCUT2D eigenvalue weighted by Gasteiger charge is -2.61. The van der Waals surface area contributed by atoms with Gasteiger partial charge in [0.2, 0.25) is 11.8 Å². The number of fused-ring (bicyclic) bond motifs is 5. The fourth-order valence-electron chi connectivity index (χ4n) is 7.06. The van der Waals surface area contributed by atoms with Gasteiger partial charge in [-0.15, -0.1) is 0 Å². The molecule has 144 valence electrons. The summed E-state index contributed by atoms with van der Waals surface area (Å²) in [6, 6.07) is 0. The lowest BCUT2D eigenvalue weighted by molar-refractivity contribution is -0.170. The molecule has 0 spiro atoms. The Morgan fingerprint density at radius 3 is 2.58 bits per heavy atom. The molecule has 0 aromatic rings. The molecule has 0 aromatic heterocycles. The minimum absolute atomic E-state index is 0.0527. The highest BCUT2D eigenvalue weighted by Gasteiger charge is 2.60. The van der Waals surface area contributed by atoms with E-state index < -0.39 is 0 Å². The predicted molar refractivity (Wildman–Crippen MR) is 95.8 cm³/mol. The predicted octanol–water partition coefficient (Wildman–Crippen LogP) is 3.21. The minimum atomic E-state index is -0.382. The summed E-state index contributed by atoms with van der Waals surface area (Å²) in [6.07, 6.45) is 7.74. The molecule has 7 atom stereocenters. The molecule has 0 bridgehead atoms. The number of hydrogen-bond acceptors (Lipinski definition) is 4. The molecule has 5 nitrogen and oxygen atoms in total. The van der Waals surface area contributed by atoms with E-state index in [2.05, 4.69) is 19.2 Å². The molecule has 1 saturated heterocycles. The fourth-order valence-corrected chi connectivity index (χ4v) is 7.06. The molecule has 3 aliphatic carbocycles. The topological polar surface area (TPSA) is 72.5 Å². The van der Waals surface area contributed by atoms with Crippen LogP contribution in [0.5, 0.6) is 0 Å². The Hall–Kier alpha value is -1.39. The Morgan fingerprint density at radius 2 is 1.85 bits per heavy atom. The van der Waals surface area contributed by atoms with Gasteiger partial charge >= 0.3 is 5.97 Å². The average Bonchev–Trinajstić information content (AvgIpc) is 2.56. The minimum Gasteiger partial charge on any atom is -0.463 e. The summed E-state index contributed by atoms with van der Waals surface area (Å²) in [5, 5.41) is 2.58. The SMILES string of the molecule is CC(=O)O[C@@H]1CC[C@@]2(C)[C@@H](CC[C@H]3[C@H]2CC[C@]2(C)C(=O)NC(=O)C[C@@H]32)C1. The van der Waals surface area contributed by atoms with Crippen molar-refractivity contribution in [3.05, 3.63) is 0 Å². The van der Waals surface area contributed by atoms with Gasteiger partial charge in [-0.25, -0.2) is 0 Å². The zero-order chi connectivity index (χ0) is 18.7. The first-order valence-corrected chi connectivity index (χ1v) is 10.3. The lowest BCUT2D eigenvalue weighted by atomic mass is 9.44. The summed E-state index contributed by atoms with van der Waals surface area (Å²) >= 11 is 0. The Balaban J connectivity index is 1.57. The molecule has 5 heteroatoms. The van der Waals surface area contributed by atoms with Gasteiger partial charge in [-0.1, -0.05) is 13.8 Å². The number of rotatable bonds is 1. The number of carbonyl (C=O) groups is 3. The zero-order valence-electron chi connectivity index (χ0n) is 16.2. The van der Waals surface area contributed by atoms with Crippen LogP contribution < -0.4 is 5.32 Å². The second-order valence-corrected chi connectivity index (χ2v) is 9.70. The first kappa shape index (κ1) is 18.0. The number of nitrogens with one attached hydrogen (secondary N) is 1. The van der Waals surface area contributed by atoms with Gasteiger partial charge in [-0.2, -0.15) is 0 Å². The number of hydrogen-bond donors (Lipinski definition) is 1. The van der Waals surface area contributed by atoms with E-state index in [1.54, 1.807) is 0 Å². The molecular formula is C21H31NO4. The second kappa shape index (κ2) is 6.07. The van der Waals surface area contributed by atoms with Crippen LogP contribution in [0, 0.1) is 34.5 Å². The van der Waals surface area contributed by atoms with Crippen molar-refractivity contribution in [3.63, 3.8) is 0 Å². The van der Waals surface area contributed by atoms with E-state index >= 15 is 0 Å². The molecule has 4 fully saturated rings. The lowest BCUT2D eigenvalue weighted by Crippen LogP contribution is -2.61. The van der Waals surface area contributed by atoms with Gasteiger partial charge in [0.15, 0.2) is 0 Å². The summed E-state index contributed by atoms with van der Waals surface area (Å²) in [7, 11) is 0. The van der Waals surface area contributed by atoms with Gasteiger partial charge in [0.1, 0.15) is 6.10 Å². The average molecular weight is 361 g/mol. The number of ether oxygens (including phenoxy) is 1. The van der Waals surface area contributed by atoms with E-state index in [9.17, 15) is 14.4 Å². The van der Waals surface area contributed by atoms with Gasteiger partial charge in [0.05, 0.1) is 5.41 Å².